The van der Waals surface area contributed by atoms with E-state index >= 15 is 0 Å². The van der Waals surface area contributed by atoms with Gasteiger partial charge in [-0.15, -0.1) is 0 Å². The van der Waals surface area contributed by atoms with Gasteiger partial charge in [0.15, 0.2) is 5.69 Å². The Balaban J connectivity index is 1.38. The van der Waals surface area contributed by atoms with Crippen LogP contribution in [0.25, 0.3) is 0 Å². The first-order valence-electron chi connectivity index (χ1n) is 7.48. The second-order valence-electron chi connectivity index (χ2n) is 5.71. The topological polar surface area (TPSA) is 81.4 Å². The molecule has 0 N–H and O–H groups in total. The van der Waals surface area contributed by atoms with Gasteiger partial charge in [0.1, 0.15) is 11.9 Å². The highest BCUT2D eigenvalue weighted by Gasteiger charge is 2.32. The predicted molar refractivity (Wildman–Crippen MR) is 75.4 cm³/mol. The quantitative estimate of drug-likeness (QED) is 0.853. The number of carbonyl (C=O) groups excluding carboxylic acids is 1. The van der Waals surface area contributed by atoms with Gasteiger partial charge in [-0.25, -0.2) is 4.98 Å². The SMILES string of the molecule is O=C(c1cc(C2CC2)on1)N1CC[C@@H](Oc2cnccn2)C1. The minimum atomic E-state index is -0.0964. The van der Waals surface area contributed by atoms with Crippen molar-refractivity contribution in [1.29, 1.82) is 0 Å². The van der Waals surface area contributed by atoms with E-state index < -0.39 is 0 Å². The average Bonchev–Trinajstić information content (AvgIpc) is 3.10. The molecular weight excluding hydrogens is 284 g/mol. The zero-order valence-electron chi connectivity index (χ0n) is 12.0. The average molecular weight is 300 g/mol. The van der Waals surface area contributed by atoms with Crippen LogP contribution in [-0.2, 0) is 0 Å². The van der Waals surface area contributed by atoms with Crippen LogP contribution in [0.5, 0.6) is 5.88 Å². The van der Waals surface area contributed by atoms with Gasteiger partial charge in [0.05, 0.1) is 12.7 Å². The van der Waals surface area contributed by atoms with E-state index in [2.05, 4.69) is 15.1 Å². The predicted octanol–water partition coefficient (Wildman–Crippen LogP) is 1.64. The Morgan fingerprint density at radius 2 is 2.23 bits per heavy atom. The lowest BCUT2D eigenvalue weighted by molar-refractivity contribution is 0.0760. The van der Waals surface area contributed by atoms with E-state index in [1.807, 2.05) is 0 Å². The molecule has 1 saturated heterocycles. The first-order valence-corrected chi connectivity index (χ1v) is 7.48. The molecule has 22 heavy (non-hydrogen) atoms. The van der Waals surface area contributed by atoms with E-state index in [1.165, 1.54) is 0 Å². The summed E-state index contributed by atoms with van der Waals surface area (Å²) in [5.41, 5.74) is 0.391. The van der Waals surface area contributed by atoms with Crippen LogP contribution in [-0.4, -0.2) is 45.1 Å². The Kier molecular flexibility index (Phi) is 3.25. The van der Waals surface area contributed by atoms with Gasteiger partial charge >= 0.3 is 0 Å². The molecule has 0 radical (unpaired) electrons. The van der Waals surface area contributed by atoms with Gasteiger partial charge in [-0.05, 0) is 12.8 Å². The molecule has 3 heterocycles. The van der Waals surface area contributed by atoms with Crippen molar-refractivity contribution in [3.63, 3.8) is 0 Å². The number of aromatic nitrogens is 3. The number of rotatable bonds is 4. The Morgan fingerprint density at radius 3 is 3.00 bits per heavy atom. The van der Waals surface area contributed by atoms with Crippen LogP contribution in [0.1, 0.15) is 41.4 Å². The number of likely N-dealkylation sites (tertiary alicyclic amines) is 1. The summed E-state index contributed by atoms with van der Waals surface area (Å²) in [5, 5.41) is 3.90. The molecule has 2 aromatic rings. The molecule has 1 saturated carbocycles. The smallest absolute Gasteiger partial charge is 0.276 e. The highest BCUT2D eigenvalue weighted by molar-refractivity contribution is 5.92. The molecule has 1 atom stereocenters. The molecule has 2 aromatic heterocycles. The Hall–Kier alpha value is -2.44. The molecule has 0 spiro atoms. The third kappa shape index (κ3) is 2.66. The Bertz CT molecular complexity index is 668. The lowest BCUT2D eigenvalue weighted by Crippen LogP contribution is -2.31. The largest absolute Gasteiger partial charge is 0.471 e. The third-order valence-corrected chi connectivity index (χ3v) is 3.99. The fourth-order valence-electron chi connectivity index (χ4n) is 2.64. The molecule has 0 aromatic carbocycles. The van der Waals surface area contributed by atoms with E-state index in [1.54, 1.807) is 29.6 Å². The van der Waals surface area contributed by atoms with Gasteiger partial charge in [0, 0.05) is 37.3 Å². The number of hydrogen-bond acceptors (Lipinski definition) is 6. The van der Waals surface area contributed by atoms with Crippen LogP contribution in [0.15, 0.2) is 29.2 Å². The fourth-order valence-corrected chi connectivity index (χ4v) is 2.64. The molecule has 1 amide bonds. The van der Waals surface area contributed by atoms with Gasteiger partial charge < -0.3 is 14.2 Å². The van der Waals surface area contributed by atoms with Crippen molar-refractivity contribution < 1.29 is 14.1 Å². The molecule has 0 unspecified atom stereocenters. The molecule has 114 valence electrons. The molecule has 1 aliphatic heterocycles. The number of carbonyl (C=O) groups is 1. The number of nitrogens with zero attached hydrogens (tertiary/aromatic N) is 4. The van der Waals surface area contributed by atoms with Crippen molar-refractivity contribution >= 4 is 5.91 Å². The zero-order valence-corrected chi connectivity index (χ0v) is 12.0. The van der Waals surface area contributed by atoms with Crippen LogP contribution in [0.4, 0.5) is 0 Å². The van der Waals surface area contributed by atoms with Gasteiger partial charge in [-0.1, -0.05) is 5.16 Å². The first kappa shape index (κ1) is 13.2. The minimum Gasteiger partial charge on any atom is -0.471 e. The summed E-state index contributed by atoms with van der Waals surface area (Å²) >= 11 is 0. The molecular formula is C15H16N4O3. The number of ether oxygens (including phenoxy) is 1. The van der Waals surface area contributed by atoms with Gasteiger partial charge in [-0.2, -0.15) is 0 Å². The minimum absolute atomic E-state index is 0.0598. The highest BCUT2D eigenvalue weighted by Crippen LogP contribution is 2.40. The van der Waals surface area contributed by atoms with Crippen molar-refractivity contribution in [3.05, 3.63) is 36.1 Å². The maximum atomic E-state index is 12.4. The van der Waals surface area contributed by atoms with E-state index in [9.17, 15) is 4.79 Å². The standard InChI is InChI=1S/C15H16N4O3/c20-15(12-7-13(22-18-12)10-1-2-10)19-6-3-11(9-19)21-14-8-16-4-5-17-14/h4-5,7-8,10-11H,1-3,6,9H2/t11-/m1/s1. The molecule has 2 aliphatic rings. The monoisotopic (exact) mass is 300 g/mol. The normalized spacial score (nSPS) is 21.1. The lowest BCUT2D eigenvalue weighted by Gasteiger charge is -2.15. The summed E-state index contributed by atoms with van der Waals surface area (Å²) in [5.74, 6) is 1.68. The van der Waals surface area contributed by atoms with Crippen LogP contribution in [0, 0.1) is 0 Å². The number of amides is 1. The van der Waals surface area contributed by atoms with Gasteiger partial charge in [-0.3, -0.25) is 9.78 Å². The summed E-state index contributed by atoms with van der Waals surface area (Å²) < 4.78 is 11.0. The lowest BCUT2D eigenvalue weighted by atomic mass is 10.2. The zero-order chi connectivity index (χ0) is 14.9. The van der Waals surface area contributed by atoms with Gasteiger partial charge in [0.2, 0.25) is 5.88 Å². The van der Waals surface area contributed by atoms with Crippen molar-refractivity contribution in [3.8, 4) is 5.88 Å². The molecule has 1 aliphatic carbocycles. The summed E-state index contributed by atoms with van der Waals surface area (Å²) in [6.07, 6.45) is 7.72. The Morgan fingerprint density at radius 1 is 1.32 bits per heavy atom. The Labute approximate surface area is 127 Å². The molecule has 4 rings (SSSR count). The van der Waals surface area contributed by atoms with Crippen LogP contribution in [0.3, 0.4) is 0 Å². The second kappa shape index (κ2) is 5.40. The third-order valence-electron chi connectivity index (χ3n) is 3.99. The number of hydrogen-bond donors (Lipinski definition) is 0. The maximum Gasteiger partial charge on any atom is 0.276 e. The van der Waals surface area contributed by atoms with E-state index in [0.717, 1.165) is 25.0 Å². The first-order chi connectivity index (χ1) is 10.8. The van der Waals surface area contributed by atoms with E-state index in [0.29, 0.717) is 30.6 Å². The second-order valence-corrected chi connectivity index (χ2v) is 5.71. The van der Waals surface area contributed by atoms with Crippen LogP contribution in [0.2, 0.25) is 0 Å². The summed E-state index contributed by atoms with van der Waals surface area (Å²) in [7, 11) is 0. The van der Waals surface area contributed by atoms with Gasteiger partial charge in [0.25, 0.3) is 5.91 Å². The molecule has 7 heteroatoms. The molecule has 7 nitrogen and oxygen atoms in total. The van der Waals surface area contributed by atoms with Crippen molar-refractivity contribution in [2.45, 2.75) is 31.3 Å². The van der Waals surface area contributed by atoms with Crippen LogP contribution < -0.4 is 4.74 Å². The summed E-state index contributed by atoms with van der Waals surface area (Å²) in [6.45, 7) is 1.18. The van der Waals surface area contributed by atoms with Crippen molar-refractivity contribution in [1.82, 2.24) is 20.0 Å². The summed E-state index contributed by atoms with van der Waals surface area (Å²) in [6, 6.07) is 1.77. The summed E-state index contributed by atoms with van der Waals surface area (Å²) in [4.78, 5) is 22.2. The molecule has 0 bridgehead atoms. The van der Waals surface area contributed by atoms with E-state index in [-0.39, 0.29) is 12.0 Å². The van der Waals surface area contributed by atoms with E-state index in [4.69, 9.17) is 9.26 Å². The highest BCUT2D eigenvalue weighted by atomic mass is 16.5. The molecule has 2 fully saturated rings. The van der Waals surface area contributed by atoms with Crippen molar-refractivity contribution in [2.24, 2.45) is 0 Å². The van der Waals surface area contributed by atoms with Crippen LogP contribution >= 0.6 is 0 Å². The maximum absolute atomic E-state index is 12.4. The fraction of sp³-hybridized carbons (Fsp3) is 0.467. The van der Waals surface area contributed by atoms with Crippen molar-refractivity contribution in [2.75, 3.05) is 13.1 Å².